The van der Waals surface area contributed by atoms with E-state index < -0.39 is 86.2 Å². The number of amides is 4. The molecule has 1 fully saturated rings. The maximum atomic E-state index is 14.0. The van der Waals surface area contributed by atoms with Crippen molar-refractivity contribution >= 4 is 43.0 Å². The summed E-state index contributed by atoms with van der Waals surface area (Å²) in [6.07, 6.45) is 4.96. The molecule has 0 radical (unpaired) electrons. The number of aliphatic hydroxyl groups is 1. The Morgan fingerprint density at radius 2 is 1.74 bits per heavy atom. The first-order valence-corrected chi connectivity index (χ1v) is 21.6. The number of phosphoric acid groups is 1. The van der Waals surface area contributed by atoms with Crippen LogP contribution >= 0.6 is 7.82 Å². The molecule has 1 aliphatic heterocycles. The molecule has 1 saturated heterocycles. The third-order valence-corrected chi connectivity index (χ3v) is 10.9. The van der Waals surface area contributed by atoms with Crippen LogP contribution in [0.2, 0.25) is 0 Å². The minimum atomic E-state index is -4.62. The van der Waals surface area contributed by atoms with Crippen LogP contribution in [0.5, 0.6) is 0 Å². The number of unbranched alkanes of at least 4 members (excludes halogenated alkanes) is 3. The van der Waals surface area contributed by atoms with Crippen LogP contribution in [0.4, 0.5) is 0 Å². The fourth-order valence-electron chi connectivity index (χ4n) is 6.60. The number of primary amides is 1. The van der Waals surface area contributed by atoms with Gasteiger partial charge in [-0.2, -0.15) is 0 Å². The number of hydrogen-bond acceptors (Lipinski definition) is 13. The van der Waals surface area contributed by atoms with Gasteiger partial charge in [-0.3, -0.25) is 37.8 Å². The van der Waals surface area contributed by atoms with Crippen molar-refractivity contribution < 1.29 is 61.9 Å². The largest absolute Gasteiger partial charge is 0.472 e. The van der Waals surface area contributed by atoms with E-state index in [-0.39, 0.29) is 50.7 Å². The minimum Gasteiger partial charge on any atom is -0.394 e. The van der Waals surface area contributed by atoms with Gasteiger partial charge < -0.3 is 45.7 Å². The first-order valence-electron chi connectivity index (χ1n) is 20.1. The highest BCUT2D eigenvalue weighted by Crippen LogP contribution is 2.46. The van der Waals surface area contributed by atoms with Crippen molar-refractivity contribution in [3.05, 3.63) is 18.2 Å². The number of Topliss-reactive ketones (excluding diaryl/α,β-unsaturated/α-hetero) is 2. The molecule has 0 spiro atoms. The number of phosphoric ester groups is 1. The van der Waals surface area contributed by atoms with Crippen LogP contribution in [0.1, 0.15) is 97.6 Å². The van der Waals surface area contributed by atoms with E-state index in [1.165, 1.54) is 24.3 Å². The maximum absolute atomic E-state index is 14.0. The predicted octanol–water partition coefficient (Wildman–Crippen LogP) is 1.74. The number of nitrogens with two attached hydrogens (primary N) is 1. The van der Waals surface area contributed by atoms with Crippen LogP contribution in [0, 0.1) is 17.8 Å². The van der Waals surface area contributed by atoms with Crippen LogP contribution < -0.4 is 16.4 Å². The fraction of sp³-hybridized carbons (Fsp3) is 0.763. The normalized spacial score (nSPS) is 17.9. The smallest absolute Gasteiger partial charge is 0.394 e. The molecule has 330 valence electrons. The molecule has 7 N–H and O–H groups in total. The molecule has 2 heterocycles. The SMILES string of the molecule is CCCCCCOP(=O)(O)O[C@H](C)[C@H](CC(=O)[C@H](CO)NC(=O)[C@@H](CC(=O)[C@H](CC(C)C)NC(=O)[C@@H]1CCCN1C(=O)CCOCCOC)Cc1cnc[nH]1)C(N)=O. The van der Waals surface area contributed by atoms with Gasteiger partial charge in [0.05, 0.1) is 69.8 Å². The number of imidazole rings is 1. The van der Waals surface area contributed by atoms with E-state index >= 15 is 0 Å². The summed E-state index contributed by atoms with van der Waals surface area (Å²) in [5, 5.41) is 15.5. The highest BCUT2D eigenvalue weighted by molar-refractivity contribution is 7.47. The number of methoxy groups -OCH3 is 1. The first-order chi connectivity index (χ1) is 27.5. The van der Waals surface area contributed by atoms with Gasteiger partial charge in [-0.05, 0) is 38.5 Å². The molecule has 1 aromatic rings. The summed E-state index contributed by atoms with van der Waals surface area (Å²) in [7, 11) is -3.08. The molecule has 0 aromatic carbocycles. The number of aromatic nitrogens is 2. The third-order valence-electron chi connectivity index (χ3n) is 9.81. The van der Waals surface area contributed by atoms with Crippen LogP contribution in [0.15, 0.2) is 12.5 Å². The van der Waals surface area contributed by atoms with Gasteiger partial charge in [0.1, 0.15) is 12.1 Å². The number of rotatable bonds is 31. The Balaban J connectivity index is 2.16. The highest BCUT2D eigenvalue weighted by atomic mass is 31.2. The number of nitrogens with one attached hydrogen (secondary N) is 3. The van der Waals surface area contributed by atoms with Crippen LogP contribution in [0.3, 0.4) is 0 Å². The van der Waals surface area contributed by atoms with Crippen molar-refractivity contribution in [2.24, 2.45) is 23.5 Å². The Bertz CT molecular complexity index is 1500. The Morgan fingerprint density at radius 1 is 1.02 bits per heavy atom. The molecule has 2 rings (SSSR count). The summed E-state index contributed by atoms with van der Waals surface area (Å²) in [4.78, 5) is 98.7. The van der Waals surface area contributed by atoms with Gasteiger partial charge in [0.25, 0.3) is 0 Å². The van der Waals surface area contributed by atoms with Crippen LogP contribution in [-0.2, 0) is 58.3 Å². The van der Waals surface area contributed by atoms with Gasteiger partial charge in [0.2, 0.25) is 23.6 Å². The highest BCUT2D eigenvalue weighted by Gasteiger charge is 2.38. The molecule has 1 aromatic heterocycles. The zero-order chi connectivity index (χ0) is 43.3. The van der Waals surface area contributed by atoms with E-state index in [1.807, 2.05) is 20.8 Å². The average Bonchev–Trinajstić information content (AvgIpc) is 3.87. The van der Waals surface area contributed by atoms with Gasteiger partial charge >= 0.3 is 7.82 Å². The van der Waals surface area contributed by atoms with Crippen molar-refractivity contribution in [1.29, 1.82) is 0 Å². The molecular formula is C38H65N6O13P. The summed E-state index contributed by atoms with van der Waals surface area (Å²) in [5.41, 5.74) is 6.03. The molecule has 0 saturated carbocycles. The van der Waals surface area contributed by atoms with Gasteiger partial charge in [-0.15, -0.1) is 0 Å². The van der Waals surface area contributed by atoms with Crippen LogP contribution in [0.25, 0.3) is 0 Å². The van der Waals surface area contributed by atoms with Crippen molar-refractivity contribution in [3.63, 3.8) is 0 Å². The van der Waals surface area contributed by atoms with Gasteiger partial charge in [0.15, 0.2) is 11.6 Å². The molecule has 0 bridgehead atoms. The summed E-state index contributed by atoms with van der Waals surface area (Å²) >= 11 is 0. The molecule has 19 nitrogen and oxygen atoms in total. The lowest BCUT2D eigenvalue weighted by Crippen LogP contribution is -2.52. The molecule has 7 atom stereocenters. The number of hydrogen-bond donors (Lipinski definition) is 6. The fourth-order valence-corrected chi connectivity index (χ4v) is 7.58. The molecular weight excluding hydrogens is 779 g/mol. The second kappa shape index (κ2) is 26.5. The summed E-state index contributed by atoms with van der Waals surface area (Å²) in [6, 6.07) is -3.33. The van der Waals surface area contributed by atoms with E-state index in [2.05, 4.69) is 20.6 Å². The van der Waals surface area contributed by atoms with Crippen molar-refractivity contribution in [2.45, 2.75) is 123 Å². The number of likely N-dealkylation sites (tertiary alicyclic amines) is 1. The third kappa shape index (κ3) is 18.1. The number of aromatic amines is 1. The van der Waals surface area contributed by atoms with Crippen molar-refractivity contribution in [1.82, 2.24) is 25.5 Å². The summed E-state index contributed by atoms with van der Waals surface area (Å²) in [6.45, 7) is 7.38. The number of nitrogens with zero attached hydrogens (tertiary/aromatic N) is 2. The zero-order valence-electron chi connectivity index (χ0n) is 34.5. The number of aliphatic hydroxyl groups excluding tert-OH is 1. The van der Waals surface area contributed by atoms with E-state index in [4.69, 9.17) is 24.3 Å². The second-order valence-electron chi connectivity index (χ2n) is 15.0. The molecule has 4 amide bonds. The van der Waals surface area contributed by atoms with E-state index in [9.17, 15) is 43.3 Å². The van der Waals surface area contributed by atoms with Crippen molar-refractivity contribution in [2.75, 3.05) is 46.7 Å². The number of ether oxygens (including phenoxy) is 2. The lowest BCUT2D eigenvalue weighted by Gasteiger charge is -2.28. The summed E-state index contributed by atoms with van der Waals surface area (Å²) < 4.78 is 33.0. The first kappa shape index (κ1) is 50.6. The van der Waals surface area contributed by atoms with E-state index in [0.29, 0.717) is 44.7 Å². The Hall–Kier alpha value is -3.58. The van der Waals surface area contributed by atoms with E-state index in [0.717, 1.165) is 19.3 Å². The minimum absolute atomic E-state index is 0.0252. The number of carbonyl (C=O) groups is 6. The van der Waals surface area contributed by atoms with Gasteiger partial charge in [-0.1, -0.05) is 40.0 Å². The topological polar surface area (TPSA) is 279 Å². The number of H-pyrrole nitrogens is 1. The molecule has 0 aliphatic carbocycles. The second-order valence-corrected chi connectivity index (χ2v) is 16.4. The quantitative estimate of drug-likeness (QED) is 0.0459. The lowest BCUT2D eigenvalue weighted by molar-refractivity contribution is -0.140. The Morgan fingerprint density at radius 3 is 2.36 bits per heavy atom. The molecule has 58 heavy (non-hydrogen) atoms. The maximum Gasteiger partial charge on any atom is 0.472 e. The van der Waals surface area contributed by atoms with Crippen molar-refractivity contribution in [3.8, 4) is 0 Å². The number of ketones is 2. The average molecular weight is 845 g/mol. The predicted molar refractivity (Wildman–Crippen MR) is 211 cm³/mol. The summed E-state index contributed by atoms with van der Waals surface area (Å²) in [5.74, 6) is -6.38. The molecule has 20 heteroatoms. The molecule has 1 aliphatic rings. The Labute approximate surface area is 340 Å². The van der Waals surface area contributed by atoms with Crippen LogP contribution in [-0.4, -0.2) is 131 Å². The zero-order valence-corrected chi connectivity index (χ0v) is 35.4. The monoisotopic (exact) mass is 844 g/mol. The standard InChI is InChI=1S/C38H65N6O13P/c1-6-7-8-9-14-56-58(52,53)57-26(4)29(36(39)49)21-34(47)31(23-45)43-37(50)27(19-28-22-40-24-41-28)20-33(46)30(18-25(2)3)42-38(51)32-11-10-13-44(32)35(48)12-15-55-17-16-54-5/h22,24-27,29-32,45H,6-21,23H2,1-5H3,(H2,39,49)(H,40,41)(H,42,51)(H,43,50)(H,52,53)/t26-,27-,29+,30+,31+,32+/m1/s1. The Kier molecular flexibility index (Phi) is 23.1. The molecule has 1 unspecified atom stereocenters. The van der Waals surface area contributed by atoms with Gasteiger partial charge in [-0.25, -0.2) is 9.55 Å². The lowest BCUT2D eigenvalue weighted by atomic mass is 9.89. The van der Waals surface area contributed by atoms with Gasteiger partial charge in [0, 0.05) is 44.8 Å². The van der Waals surface area contributed by atoms with E-state index in [1.54, 1.807) is 7.11 Å². The number of carbonyl (C=O) groups excluding carboxylic acids is 6.